The summed E-state index contributed by atoms with van der Waals surface area (Å²) in [7, 11) is 0. The average molecular weight is 368 g/mol. The summed E-state index contributed by atoms with van der Waals surface area (Å²) in [6.07, 6.45) is 4.63. The molecule has 2 aliphatic rings. The predicted octanol–water partition coefficient (Wildman–Crippen LogP) is 3.80. The van der Waals surface area contributed by atoms with Crippen molar-refractivity contribution in [3.63, 3.8) is 0 Å². The van der Waals surface area contributed by atoms with E-state index in [0.29, 0.717) is 19.1 Å². The first-order chi connectivity index (χ1) is 13.2. The second-order valence-electron chi connectivity index (χ2n) is 7.36. The lowest BCUT2D eigenvalue weighted by Gasteiger charge is -2.22. The third-order valence-electron chi connectivity index (χ3n) is 5.26. The van der Waals surface area contributed by atoms with Crippen molar-refractivity contribution >= 4 is 11.6 Å². The maximum absolute atomic E-state index is 13.3. The van der Waals surface area contributed by atoms with Crippen molar-refractivity contribution in [2.75, 3.05) is 25.0 Å². The van der Waals surface area contributed by atoms with Gasteiger partial charge in [0.1, 0.15) is 18.2 Å². The lowest BCUT2D eigenvalue weighted by Crippen LogP contribution is -2.32. The Bertz CT molecular complexity index is 820. The van der Waals surface area contributed by atoms with E-state index >= 15 is 0 Å². The zero-order valence-corrected chi connectivity index (χ0v) is 15.4. The fourth-order valence-corrected chi connectivity index (χ4v) is 3.61. The Balaban J connectivity index is 1.28. The van der Waals surface area contributed by atoms with Crippen LogP contribution in [-0.4, -0.2) is 36.5 Å². The molecular formula is C22H25FN2O2. The molecule has 1 fully saturated rings. The number of halogens is 1. The predicted molar refractivity (Wildman–Crippen MR) is 104 cm³/mol. The number of aryl methyl sites for hydroxylation is 1. The van der Waals surface area contributed by atoms with Gasteiger partial charge in [-0.25, -0.2) is 4.39 Å². The van der Waals surface area contributed by atoms with Crippen molar-refractivity contribution in [2.45, 2.75) is 38.1 Å². The normalized spacial score (nSPS) is 16.1. The number of anilines is 1. The molecular weight excluding hydrogens is 343 g/mol. The Labute approximate surface area is 159 Å². The van der Waals surface area contributed by atoms with Crippen LogP contribution in [0.4, 0.5) is 10.1 Å². The zero-order chi connectivity index (χ0) is 18.6. The lowest BCUT2D eigenvalue weighted by molar-refractivity contribution is -0.116. The van der Waals surface area contributed by atoms with Gasteiger partial charge in [-0.2, -0.15) is 0 Å². The molecule has 1 aliphatic heterocycles. The van der Waals surface area contributed by atoms with Gasteiger partial charge in [0, 0.05) is 31.2 Å². The van der Waals surface area contributed by atoms with Crippen LogP contribution in [0.5, 0.6) is 5.75 Å². The molecule has 1 amide bonds. The Morgan fingerprint density at radius 2 is 2.00 bits per heavy atom. The molecule has 1 saturated carbocycles. The maximum atomic E-state index is 13.3. The first-order valence-corrected chi connectivity index (χ1v) is 9.71. The third kappa shape index (κ3) is 4.86. The molecule has 1 heterocycles. The van der Waals surface area contributed by atoms with Crippen molar-refractivity contribution < 1.29 is 13.9 Å². The van der Waals surface area contributed by atoms with Gasteiger partial charge >= 0.3 is 0 Å². The Hall–Kier alpha value is -2.40. The second-order valence-corrected chi connectivity index (χ2v) is 7.36. The van der Waals surface area contributed by atoms with E-state index in [-0.39, 0.29) is 11.7 Å². The van der Waals surface area contributed by atoms with Crippen LogP contribution in [0.25, 0.3) is 0 Å². The van der Waals surface area contributed by atoms with Gasteiger partial charge in [0.05, 0.1) is 0 Å². The van der Waals surface area contributed by atoms with Crippen LogP contribution in [0.1, 0.15) is 30.4 Å². The molecule has 4 rings (SSSR count). The molecule has 0 atom stereocenters. The smallest absolute Gasteiger partial charge is 0.224 e. The Morgan fingerprint density at radius 1 is 1.11 bits per heavy atom. The Kier molecular flexibility index (Phi) is 5.39. The number of carbonyl (C=O) groups is 1. The highest BCUT2D eigenvalue weighted by Gasteiger charge is 2.28. The van der Waals surface area contributed by atoms with Gasteiger partial charge in [-0.15, -0.1) is 0 Å². The molecule has 1 aliphatic carbocycles. The van der Waals surface area contributed by atoms with Crippen molar-refractivity contribution in [1.29, 1.82) is 0 Å². The fourth-order valence-electron chi connectivity index (χ4n) is 3.61. The topological polar surface area (TPSA) is 41.6 Å². The molecule has 1 N–H and O–H groups in total. The van der Waals surface area contributed by atoms with E-state index in [4.69, 9.17) is 4.74 Å². The molecule has 5 heteroatoms. The number of rotatable bonds is 8. The molecule has 27 heavy (non-hydrogen) atoms. The van der Waals surface area contributed by atoms with Crippen LogP contribution in [0.3, 0.4) is 0 Å². The molecule has 0 spiro atoms. The number of nitrogens with zero attached hydrogens (tertiary/aromatic N) is 1. The third-order valence-corrected chi connectivity index (χ3v) is 5.26. The van der Waals surface area contributed by atoms with Crippen LogP contribution in [0, 0.1) is 5.82 Å². The maximum Gasteiger partial charge on any atom is 0.224 e. The quantitative estimate of drug-likeness (QED) is 0.771. The molecule has 0 aromatic heterocycles. The van der Waals surface area contributed by atoms with Crippen molar-refractivity contribution in [2.24, 2.45) is 0 Å². The number of carbonyl (C=O) groups excluding carboxylic acids is 1. The van der Waals surface area contributed by atoms with Gasteiger partial charge in [-0.3, -0.25) is 9.69 Å². The minimum absolute atomic E-state index is 0.0783. The molecule has 0 unspecified atom stereocenters. The summed E-state index contributed by atoms with van der Waals surface area (Å²) in [4.78, 5) is 13.9. The monoisotopic (exact) mass is 368 g/mol. The van der Waals surface area contributed by atoms with E-state index in [9.17, 15) is 9.18 Å². The molecule has 0 radical (unpaired) electrons. The largest absolute Gasteiger partial charge is 0.492 e. The zero-order valence-electron chi connectivity index (χ0n) is 15.4. The number of hydrogen-bond acceptors (Lipinski definition) is 3. The molecule has 4 nitrogen and oxygen atoms in total. The number of amides is 1. The summed E-state index contributed by atoms with van der Waals surface area (Å²) >= 11 is 0. The second kappa shape index (κ2) is 8.09. The van der Waals surface area contributed by atoms with E-state index in [2.05, 4.69) is 10.2 Å². The molecule has 0 bridgehead atoms. The average Bonchev–Trinajstić information content (AvgIpc) is 3.50. The highest BCUT2D eigenvalue weighted by molar-refractivity contribution is 5.93. The summed E-state index contributed by atoms with van der Waals surface area (Å²) in [6.45, 7) is 2.42. The fraction of sp³-hybridized carbons (Fsp3) is 0.409. The molecule has 2 aromatic carbocycles. The van der Waals surface area contributed by atoms with Crippen LogP contribution < -0.4 is 10.1 Å². The SMILES string of the molecule is O=C1CCc2cc(OCCN(CCc3cccc(F)c3)C3CC3)ccc2N1. The first-order valence-electron chi connectivity index (χ1n) is 9.71. The number of benzene rings is 2. The summed E-state index contributed by atoms with van der Waals surface area (Å²) in [5.41, 5.74) is 3.07. The van der Waals surface area contributed by atoms with Gasteiger partial charge in [0.15, 0.2) is 0 Å². The van der Waals surface area contributed by atoms with Crippen LogP contribution in [0.15, 0.2) is 42.5 Å². The number of ether oxygens (including phenoxy) is 1. The van der Waals surface area contributed by atoms with Gasteiger partial charge in [0.2, 0.25) is 5.91 Å². The van der Waals surface area contributed by atoms with Crippen LogP contribution in [0.2, 0.25) is 0 Å². The van der Waals surface area contributed by atoms with Crippen molar-refractivity contribution in [3.8, 4) is 5.75 Å². The van der Waals surface area contributed by atoms with E-state index in [1.54, 1.807) is 12.1 Å². The van der Waals surface area contributed by atoms with Crippen molar-refractivity contribution in [1.82, 2.24) is 4.90 Å². The van der Waals surface area contributed by atoms with E-state index in [1.165, 1.54) is 18.9 Å². The van der Waals surface area contributed by atoms with E-state index in [0.717, 1.165) is 48.5 Å². The van der Waals surface area contributed by atoms with Crippen LogP contribution in [-0.2, 0) is 17.6 Å². The molecule has 0 saturated heterocycles. The molecule has 142 valence electrons. The van der Waals surface area contributed by atoms with Gasteiger partial charge in [0.25, 0.3) is 0 Å². The number of hydrogen-bond donors (Lipinski definition) is 1. The minimum Gasteiger partial charge on any atom is -0.492 e. The molecule has 2 aromatic rings. The number of nitrogens with one attached hydrogen (secondary N) is 1. The summed E-state index contributed by atoms with van der Waals surface area (Å²) in [5.74, 6) is 0.762. The minimum atomic E-state index is -0.169. The summed E-state index contributed by atoms with van der Waals surface area (Å²) < 4.78 is 19.3. The van der Waals surface area contributed by atoms with Crippen molar-refractivity contribution in [3.05, 3.63) is 59.4 Å². The van der Waals surface area contributed by atoms with Gasteiger partial charge in [-0.1, -0.05) is 12.1 Å². The number of fused-ring (bicyclic) bond motifs is 1. The van der Waals surface area contributed by atoms with E-state index in [1.807, 2.05) is 24.3 Å². The standard InChI is InChI=1S/C22H25FN2O2/c23-18-3-1-2-16(14-18)10-11-25(19-5-6-19)12-13-27-20-7-8-21-17(15-20)4-9-22(26)24-21/h1-3,7-8,14-15,19H,4-6,9-13H2,(H,24,26). The highest BCUT2D eigenvalue weighted by Crippen LogP contribution is 2.28. The Morgan fingerprint density at radius 3 is 2.81 bits per heavy atom. The lowest BCUT2D eigenvalue weighted by atomic mass is 10.0. The van der Waals surface area contributed by atoms with E-state index < -0.39 is 0 Å². The van der Waals surface area contributed by atoms with Crippen LogP contribution >= 0.6 is 0 Å². The summed E-state index contributed by atoms with van der Waals surface area (Å²) in [6, 6.07) is 13.4. The first kappa shape index (κ1) is 18.0. The van der Waals surface area contributed by atoms with Gasteiger partial charge < -0.3 is 10.1 Å². The highest BCUT2D eigenvalue weighted by atomic mass is 19.1. The van der Waals surface area contributed by atoms with Gasteiger partial charge in [-0.05, 0) is 67.1 Å². The summed E-state index contributed by atoms with van der Waals surface area (Å²) in [5, 5.41) is 2.89.